The van der Waals surface area contributed by atoms with E-state index in [1.807, 2.05) is 20.8 Å². The second kappa shape index (κ2) is 8.42. The molecule has 3 rings (SSSR count). The van der Waals surface area contributed by atoms with Crippen LogP contribution >= 0.6 is 0 Å². The molecule has 2 aromatic heterocycles. The third-order valence-electron chi connectivity index (χ3n) is 4.32. The lowest BCUT2D eigenvalue weighted by atomic mass is 9.84. The van der Waals surface area contributed by atoms with Gasteiger partial charge in [0.05, 0.1) is 0 Å². The number of ether oxygens (including phenoxy) is 2. The summed E-state index contributed by atoms with van der Waals surface area (Å²) in [5.74, 6) is 0.00180. The molecular formula is C20H23FN4O4. The second-order valence-electron chi connectivity index (χ2n) is 7.75. The van der Waals surface area contributed by atoms with E-state index < -0.39 is 18.1 Å². The van der Waals surface area contributed by atoms with Crippen LogP contribution < -0.4 is 10.5 Å². The quantitative estimate of drug-likeness (QED) is 0.743. The van der Waals surface area contributed by atoms with E-state index in [2.05, 4.69) is 15.1 Å². The van der Waals surface area contributed by atoms with Crippen molar-refractivity contribution in [2.24, 2.45) is 16.3 Å². The molecule has 0 fully saturated rings. The number of rotatable bonds is 6. The summed E-state index contributed by atoms with van der Waals surface area (Å²) in [4.78, 5) is 24.5. The molecule has 0 aromatic carbocycles. The molecule has 29 heavy (non-hydrogen) atoms. The lowest BCUT2D eigenvalue weighted by Crippen LogP contribution is -2.40. The summed E-state index contributed by atoms with van der Waals surface area (Å²) >= 11 is 0. The lowest BCUT2D eigenvalue weighted by Gasteiger charge is -2.28. The molecule has 0 aliphatic carbocycles. The van der Waals surface area contributed by atoms with Crippen LogP contribution in [0.25, 0.3) is 11.1 Å². The summed E-state index contributed by atoms with van der Waals surface area (Å²) in [7, 11) is 0. The molecule has 1 amide bonds. The van der Waals surface area contributed by atoms with E-state index in [0.29, 0.717) is 29.0 Å². The Balaban J connectivity index is 1.65. The van der Waals surface area contributed by atoms with Gasteiger partial charge in [-0.3, -0.25) is 4.98 Å². The average Bonchev–Trinajstić information content (AvgIpc) is 3.13. The highest BCUT2D eigenvalue weighted by Gasteiger charge is 2.37. The van der Waals surface area contributed by atoms with Crippen LogP contribution in [-0.4, -0.2) is 40.6 Å². The van der Waals surface area contributed by atoms with Gasteiger partial charge in [0.2, 0.25) is 5.95 Å². The maximum Gasteiger partial charge on any atom is 0.405 e. The molecule has 1 aliphatic heterocycles. The molecule has 0 saturated heterocycles. The molecule has 0 bridgehead atoms. The highest BCUT2D eigenvalue weighted by Crippen LogP contribution is 2.31. The largest absolute Gasteiger partial charge is 0.489 e. The maximum absolute atomic E-state index is 13.1. The van der Waals surface area contributed by atoms with Crippen molar-refractivity contribution < 1.29 is 23.5 Å². The highest BCUT2D eigenvalue weighted by molar-refractivity contribution is 5.91. The van der Waals surface area contributed by atoms with Crippen LogP contribution in [0.1, 0.15) is 27.2 Å². The summed E-state index contributed by atoms with van der Waals surface area (Å²) in [5, 5.41) is 4.08. The van der Waals surface area contributed by atoms with E-state index in [-0.39, 0.29) is 18.1 Å². The van der Waals surface area contributed by atoms with Gasteiger partial charge in [-0.05, 0) is 18.2 Å². The first-order valence-electron chi connectivity index (χ1n) is 9.11. The predicted molar refractivity (Wildman–Crippen MR) is 104 cm³/mol. The Hall–Kier alpha value is -3.23. The third-order valence-corrected chi connectivity index (χ3v) is 4.32. The van der Waals surface area contributed by atoms with Crippen molar-refractivity contribution in [1.29, 1.82) is 0 Å². The van der Waals surface area contributed by atoms with Crippen LogP contribution in [0.2, 0.25) is 0 Å². The predicted octanol–water partition coefficient (Wildman–Crippen LogP) is 3.32. The molecule has 0 radical (unpaired) electrons. The molecule has 2 unspecified atom stereocenters. The van der Waals surface area contributed by atoms with Crippen LogP contribution in [0.5, 0.6) is 5.75 Å². The number of carbonyl (C=O) groups excluding carboxylic acids is 1. The molecule has 3 heterocycles. The van der Waals surface area contributed by atoms with E-state index in [1.165, 1.54) is 12.3 Å². The summed E-state index contributed by atoms with van der Waals surface area (Å²) < 4.78 is 24.2. The number of carbonyl (C=O) groups is 1. The summed E-state index contributed by atoms with van der Waals surface area (Å²) in [6, 6.07) is 4.59. The number of oxime groups is 1. The van der Waals surface area contributed by atoms with Gasteiger partial charge in [-0.25, -0.2) is 9.78 Å². The zero-order chi connectivity index (χ0) is 21.0. The molecule has 8 nitrogen and oxygen atoms in total. The lowest BCUT2D eigenvalue weighted by molar-refractivity contribution is 0.0469. The van der Waals surface area contributed by atoms with E-state index in [0.717, 1.165) is 0 Å². The molecule has 2 N–H and O–H groups in total. The molecule has 0 spiro atoms. The first-order chi connectivity index (χ1) is 13.7. The number of nitrogens with two attached hydrogens (primary N) is 1. The minimum atomic E-state index is -0.860. The Morgan fingerprint density at radius 1 is 1.34 bits per heavy atom. The molecule has 1 aliphatic rings. The molecule has 154 valence electrons. The van der Waals surface area contributed by atoms with Crippen LogP contribution in [0.4, 0.5) is 9.18 Å². The zero-order valence-electron chi connectivity index (χ0n) is 16.5. The van der Waals surface area contributed by atoms with E-state index in [4.69, 9.17) is 20.0 Å². The Bertz CT molecular complexity index is 896. The first kappa shape index (κ1) is 20.5. The van der Waals surface area contributed by atoms with Crippen molar-refractivity contribution in [2.75, 3.05) is 6.61 Å². The van der Waals surface area contributed by atoms with Gasteiger partial charge in [-0.1, -0.05) is 25.9 Å². The van der Waals surface area contributed by atoms with Crippen LogP contribution in [0.15, 0.2) is 41.9 Å². The molecule has 2 aromatic rings. The van der Waals surface area contributed by atoms with Gasteiger partial charge in [0.25, 0.3) is 0 Å². The zero-order valence-corrected chi connectivity index (χ0v) is 16.5. The molecular weight excluding hydrogens is 379 g/mol. The van der Waals surface area contributed by atoms with Gasteiger partial charge < -0.3 is 20.0 Å². The number of nitrogens with zero attached hydrogens (tertiary/aromatic N) is 3. The molecule has 2 atom stereocenters. The third kappa shape index (κ3) is 5.18. The number of halogens is 1. The Labute approximate surface area is 167 Å². The minimum absolute atomic E-state index is 0.214. The maximum atomic E-state index is 13.1. The Morgan fingerprint density at radius 3 is 2.79 bits per heavy atom. The van der Waals surface area contributed by atoms with Gasteiger partial charge in [0.1, 0.15) is 24.2 Å². The van der Waals surface area contributed by atoms with Gasteiger partial charge >= 0.3 is 6.09 Å². The number of hydrogen-bond donors (Lipinski definition) is 1. The SMILES string of the molecule is CC(C)(C)C(OC(N)=O)C1=NOC(COc2ccncc2-c2ccc(F)nc2)C1. The van der Waals surface area contributed by atoms with Crippen molar-refractivity contribution in [3.8, 4) is 16.9 Å². The van der Waals surface area contributed by atoms with E-state index in [1.54, 1.807) is 24.5 Å². The van der Waals surface area contributed by atoms with Crippen LogP contribution in [-0.2, 0) is 9.57 Å². The molecule has 9 heteroatoms. The van der Waals surface area contributed by atoms with Crippen molar-refractivity contribution in [3.63, 3.8) is 0 Å². The van der Waals surface area contributed by atoms with Crippen molar-refractivity contribution in [1.82, 2.24) is 9.97 Å². The number of primary amides is 1. The molecule has 0 saturated carbocycles. The summed E-state index contributed by atoms with van der Waals surface area (Å²) in [6.07, 6.45) is 3.28. The van der Waals surface area contributed by atoms with E-state index in [9.17, 15) is 9.18 Å². The second-order valence-corrected chi connectivity index (χ2v) is 7.75. The van der Waals surface area contributed by atoms with Gasteiger partial charge in [0, 0.05) is 41.6 Å². The Morgan fingerprint density at radius 2 is 2.14 bits per heavy atom. The number of hydrogen-bond acceptors (Lipinski definition) is 7. The number of pyridine rings is 2. The van der Waals surface area contributed by atoms with Crippen molar-refractivity contribution >= 4 is 11.8 Å². The standard InChI is InChI=1S/C20H23FN4O4/c1-20(2,3)18(28-19(22)26)15-8-13(29-25-15)11-27-16-6-7-23-10-14(16)12-4-5-17(21)24-9-12/h4-7,9-10,13,18H,8,11H2,1-3H3,(H2,22,26). The fourth-order valence-electron chi connectivity index (χ4n) is 3.00. The van der Waals surface area contributed by atoms with Crippen LogP contribution in [0.3, 0.4) is 0 Å². The summed E-state index contributed by atoms with van der Waals surface area (Å²) in [6.45, 7) is 5.98. The van der Waals surface area contributed by atoms with Gasteiger partial charge in [-0.15, -0.1) is 0 Å². The van der Waals surface area contributed by atoms with Crippen LogP contribution in [0, 0.1) is 11.4 Å². The van der Waals surface area contributed by atoms with Gasteiger partial charge in [0.15, 0.2) is 6.10 Å². The fraction of sp³-hybridized carbons (Fsp3) is 0.400. The van der Waals surface area contributed by atoms with E-state index >= 15 is 0 Å². The fourth-order valence-corrected chi connectivity index (χ4v) is 3.00. The average molecular weight is 402 g/mol. The smallest absolute Gasteiger partial charge is 0.405 e. The van der Waals surface area contributed by atoms with Gasteiger partial charge in [-0.2, -0.15) is 4.39 Å². The Kier molecular flexibility index (Phi) is 5.95. The number of amides is 1. The van der Waals surface area contributed by atoms with Crippen molar-refractivity contribution in [3.05, 3.63) is 42.7 Å². The number of aromatic nitrogens is 2. The normalized spacial score (nSPS) is 17.2. The summed E-state index contributed by atoms with van der Waals surface area (Å²) in [5.41, 5.74) is 6.77. The minimum Gasteiger partial charge on any atom is -0.489 e. The highest BCUT2D eigenvalue weighted by atomic mass is 19.1. The first-order valence-corrected chi connectivity index (χ1v) is 9.11. The monoisotopic (exact) mass is 402 g/mol. The van der Waals surface area contributed by atoms with Crippen molar-refractivity contribution in [2.45, 2.75) is 39.4 Å². The topological polar surface area (TPSA) is 109 Å².